The second-order valence-corrected chi connectivity index (χ2v) is 5.65. The maximum Gasteiger partial charge on any atom is 0.193 e. The van der Waals surface area contributed by atoms with Crippen molar-refractivity contribution in [3.8, 4) is 34.3 Å². The summed E-state index contributed by atoms with van der Waals surface area (Å²) in [6.45, 7) is 1.89. The summed E-state index contributed by atoms with van der Waals surface area (Å²) in [7, 11) is 0. The van der Waals surface area contributed by atoms with Crippen LogP contribution in [-0.2, 0) is 6.42 Å². The topological polar surface area (TPSA) is 117 Å². The van der Waals surface area contributed by atoms with Crippen molar-refractivity contribution >= 4 is 18.3 Å². The summed E-state index contributed by atoms with van der Waals surface area (Å²) in [5.41, 5.74) is 7.48. The Hall–Kier alpha value is -2.87. The molecule has 3 aromatic rings. The molecule has 124 valence electrons. The zero-order chi connectivity index (χ0) is 17.4. The quantitative estimate of drug-likeness (QED) is 0.283. The molecule has 0 unspecified atom stereocenters. The number of hydrogen-bond acceptors (Lipinski definition) is 7. The van der Waals surface area contributed by atoms with Gasteiger partial charge >= 0.3 is 0 Å². The number of aromatic hydroxyl groups is 3. The maximum absolute atomic E-state index is 10.2. The van der Waals surface area contributed by atoms with Crippen molar-refractivity contribution in [2.75, 3.05) is 5.73 Å². The lowest BCUT2D eigenvalue weighted by Gasteiger charge is -2.12. The van der Waals surface area contributed by atoms with Gasteiger partial charge < -0.3 is 21.1 Å². The van der Waals surface area contributed by atoms with Gasteiger partial charge in [-0.3, -0.25) is 4.57 Å². The summed E-state index contributed by atoms with van der Waals surface area (Å²) < 4.78 is 1.56. The lowest BCUT2D eigenvalue weighted by atomic mass is 10.1. The van der Waals surface area contributed by atoms with Crippen LogP contribution in [0.4, 0.5) is 5.69 Å². The van der Waals surface area contributed by atoms with Gasteiger partial charge in [0.1, 0.15) is 17.2 Å². The van der Waals surface area contributed by atoms with Gasteiger partial charge in [-0.2, -0.15) is 0 Å². The zero-order valence-electron chi connectivity index (χ0n) is 12.8. The van der Waals surface area contributed by atoms with Crippen LogP contribution >= 0.6 is 12.6 Å². The first kappa shape index (κ1) is 16.0. The molecule has 0 spiro atoms. The van der Waals surface area contributed by atoms with Crippen LogP contribution in [0.15, 0.2) is 35.5 Å². The van der Waals surface area contributed by atoms with E-state index in [1.165, 1.54) is 12.1 Å². The number of nitrogens with two attached hydrogens (primary N) is 1. The van der Waals surface area contributed by atoms with Crippen molar-refractivity contribution < 1.29 is 15.3 Å². The van der Waals surface area contributed by atoms with Crippen LogP contribution in [0.5, 0.6) is 17.2 Å². The number of aryl methyl sites for hydroxylation is 1. The summed E-state index contributed by atoms with van der Waals surface area (Å²) in [4.78, 5) is 0. The molecule has 0 aliphatic rings. The molecule has 0 bridgehead atoms. The minimum atomic E-state index is -0.133. The van der Waals surface area contributed by atoms with Crippen molar-refractivity contribution in [2.45, 2.75) is 18.5 Å². The zero-order valence-corrected chi connectivity index (χ0v) is 13.7. The van der Waals surface area contributed by atoms with E-state index in [2.05, 4.69) is 22.8 Å². The Bertz CT molecular complexity index is 924. The normalized spacial score (nSPS) is 10.9. The largest absolute Gasteiger partial charge is 0.508 e. The number of rotatable bonds is 3. The van der Waals surface area contributed by atoms with E-state index in [-0.39, 0.29) is 28.1 Å². The highest BCUT2D eigenvalue weighted by molar-refractivity contribution is 7.80. The number of thiol groups is 1. The summed E-state index contributed by atoms with van der Waals surface area (Å²) in [6, 6.07) is 7.61. The van der Waals surface area contributed by atoms with Crippen LogP contribution in [0.25, 0.3) is 17.1 Å². The summed E-state index contributed by atoms with van der Waals surface area (Å²) >= 11 is 4.29. The van der Waals surface area contributed by atoms with Crippen LogP contribution in [0.3, 0.4) is 0 Å². The molecule has 24 heavy (non-hydrogen) atoms. The molecule has 5 N–H and O–H groups in total. The van der Waals surface area contributed by atoms with Gasteiger partial charge in [-0.1, -0.05) is 6.92 Å². The standard InChI is InChI=1S/C16H16N4O3S/c1-2-8-5-10(13(22)7-12(8)21)15-18-19-16(24)20(15)9-3-4-11(17)14(23)6-9/h3-7,21-23H,2,17H2,1H3,(H,19,24). The SMILES string of the molecule is CCc1cc(-c2nnc(S)n2-c2ccc(N)c(O)c2)c(O)cc1O. The van der Waals surface area contributed by atoms with E-state index in [0.29, 0.717) is 29.1 Å². The molecular formula is C16H16N4O3S. The molecule has 0 saturated heterocycles. The molecule has 0 atom stereocenters. The van der Waals surface area contributed by atoms with Crippen LogP contribution < -0.4 is 5.73 Å². The van der Waals surface area contributed by atoms with E-state index < -0.39 is 0 Å². The average molecular weight is 344 g/mol. The first-order valence-corrected chi connectivity index (χ1v) is 7.65. The van der Waals surface area contributed by atoms with Crippen LogP contribution in [-0.4, -0.2) is 30.1 Å². The number of nitrogen functional groups attached to an aromatic ring is 1. The lowest BCUT2D eigenvalue weighted by Crippen LogP contribution is -2.00. The van der Waals surface area contributed by atoms with Gasteiger partial charge in [0.2, 0.25) is 0 Å². The van der Waals surface area contributed by atoms with E-state index in [1.54, 1.807) is 22.8 Å². The molecule has 0 amide bonds. The third kappa shape index (κ3) is 2.61. The summed E-state index contributed by atoms with van der Waals surface area (Å²) in [5.74, 6) is 0.132. The fraction of sp³-hybridized carbons (Fsp3) is 0.125. The Morgan fingerprint density at radius 2 is 1.79 bits per heavy atom. The fourth-order valence-corrected chi connectivity index (χ4v) is 2.70. The first-order valence-electron chi connectivity index (χ1n) is 7.20. The number of phenolic OH excluding ortho intramolecular Hbond substituents is 3. The minimum Gasteiger partial charge on any atom is -0.508 e. The van der Waals surface area contributed by atoms with Gasteiger partial charge in [0, 0.05) is 12.1 Å². The number of anilines is 1. The molecule has 1 aromatic heterocycles. The molecular weight excluding hydrogens is 328 g/mol. The Labute approximate surface area is 143 Å². The second-order valence-electron chi connectivity index (χ2n) is 5.25. The molecule has 3 rings (SSSR count). The van der Waals surface area contributed by atoms with E-state index in [9.17, 15) is 15.3 Å². The van der Waals surface area contributed by atoms with Crippen molar-refractivity contribution in [3.05, 3.63) is 35.9 Å². The molecule has 7 nitrogen and oxygen atoms in total. The number of hydrogen-bond donors (Lipinski definition) is 5. The Kier molecular flexibility index (Phi) is 3.98. The predicted molar refractivity (Wildman–Crippen MR) is 92.8 cm³/mol. The van der Waals surface area contributed by atoms with Crippen LogP contribution in [0, 0.1) is 0 Å². The van der Waals surface area contributed by atoms with Crippen molar-refractivity contribution in [1.82, 2.24) is 14.8 Å². The highest BCUT2D eigenvalue weighted by atomic mass is 32.1. The number of nitrogens with zero attached hydrogens (tertiary/aromatic N) is 3. The van der Waals surface area contributed by atoms with Gasteiger partial charge in [0.15, 0.2) is 11.0 Å². The summed E-state index contributed by atoms with van der Waals surface area (Å²) in [5, 5.41) is 38.2. The highest BCUT2D eigenvalue weighted by Gasteiger charge is 2.19. The van der Waals surface area contributed by atoms with Gasteiger partial charge in [0.25, 0.3) is 0 Å². The average Bonchev–Trinajstić information content (AvgIpc) is 2.92. The van der Waals surface area contributed by atoms with Crippen LogP contribution in [0.2, 0.25) is 0 Å². The third-order valence-electron chi connectivity index (χ3n) is 3.74. The van der Waals surface area contributed by atoms with Gasteiger partial charge in [-0.05, 0) is 30.2 Å². The van der Waals surface area contributed by atoms with E-state index in [1.807, 2.05) is 6.92 Å². The van der Waals surface area contributed by atoms with E-state index in [0.717, 1.165) is 0 Å². The third-order valence-corrected chi connectivity index (χ3v) is 4.03. The van der Waals surface area contributed by atoms with E-state index in [4.69, 9.17) is 5.73 Å². The van der Waals surface area contributed by atoms with Crippen molar-refractivity contribution in [2.24, 2.45) is 0 Å². The maximum atomic E-state index is 10.2. The molecule has 2 aromatic carbocycles. The Morgan fingerprint density at radius 3 is 2.46 bits per heavy atom. The van der Waals surface area contributed by atoms with Gasteiger partial charge in [-0.15, -0.1) is 22.8 Å². The molecule has 0 saturated carbocycles. The molecule has 0 fully saturated rings. The smallest absolute Gasteiger partial charge is 0.193 e. The minimum absolute atomic E-state index is 0.0149. The highest BCUT2D eigenvalue weighted by Crippen LogP contribution is 2.36. The second kappa shape index (κ2) is 5.97. The molecule has 1 heterocycles. The Morgan fingerprint density at radius 1 is 1.04 bits per heavy atom. The van der Waals surface area contributed by atoms with Crippen LogP contribution in [0.1, 0.15) is 12.5 Å². The molecule has 0 radical (unpaired) electrons. The molecule has 0 aliphatic heterocycles. The van der Waals surface area contributed by atoms with Gasteiger partial charge in [0.05, 0.1) is 16.9 Å². The monoisotopic (exact) mass is 344 g/mol. The summed E-state index contributed by atoms with van der Waals surface area (Å²) in [6.07, 6.45) is 0.587. The lowest BCUT2D eigenvalue weighted by molar-refractivity contribution is 0.447. The number of aromatic nitrogens is 3. The van der Waals surface area contributed by atoms with E-state index >= 15 is 0 Å². The van der Waals surface area contributed by atoms with Crippen molar-refractivity contribution in [3.63, 3.8) is 0 Å². The first-order chi connectivity index (χ1) is 11.4. The van der Waals surface area contributed by atoms with Crippen molar-refractivity contribution in [1.29, 1.82) is 0 Å². The molecule has 0 aliphatic carbocycles. The molecule has 8 heteroatoms. The predicted octanol–water partition coefficient (Wildman–Crippen LogP) is 2.48. The number of benzene rings is 2. The van der Waals surface area contributed by atoms with Gasteiger partial charge in [-0.25, -0.2) is 0 Å². The number of phenols is 3. The Balaban J connectivity index is 2.23. The fourth-order valence-electron chi connectivity index (χ4n) is 2.44.